The molecule has 1 unspecified atom stereocenters. The second-order valence-electron chi connectivity index (χ2n) is 4.72. The number of esters is 1. The molecule has 1 fully saturated rings. The van der Waals surface area contributed by atoms with E-state index in [-0.39, 0.29) is 36.4 Å². The van der Waals surface area contributed by atoms with Crippen molar-refractivity contribution >= 4 is 21.7 Å². The van der Waals surface area contributed by atoms with Crippen molar-refractivity contribution in [2.45, 2.75) is 38.6 Å². The van der Waals surface area contributed by atoms with Crippen LogP contribution in [0.5, 0.6) is 0 Å². The number of nitrogens with zero attached hydrogens (tertiary/aromatic N) is 1. The first-order valence-electron chi connectivity index (χ1n) is 6.46. The van der Waals surface area contributed by atoms with Gasteiger partial charge in [-0.1, -0.05) is 6.92 Å². The molecule has 0 N–H and O–H groups in total. The minimum atomic E-state index is -3.04. The fourth-order valence-corrected chi connectivity index (χ4v) is 3.93. The first-order chi connectivity index (χ1) is 8.89. The Labute approximate surface area is 114 Å². The van der Waals surface area contributed by atoms with Crippen molar-refractivity contribution in [2.24, 2.45) is 0 Å². The van der Waals surface area contributed by atoms with Gasteiger partial charge in [0.05, 0.1) is 25.0 Å². The normalized spacial score (nSPS) is 21.1. The van der Waals surface area contributed by atoms with Crippen LogP contribution in [0.2, 0.25) is 0 Å². The number of amides is 1. The maximum Gasteiger partial charge on any atom is 0.307 e. The van der Waals surface area contributed by atoms with E-state index in [1.54, 1.807) is 0 Å². The standard InChI is InChI=1S/C12H21NO5S/c1-3-4-11(14)13(7-5-12(15)18-2)10-6-8-19(16,17)9-10/h10H,3-9H2,1-2H3. The highest BCUT2D eigenvalue weighted by Crippen LogP contribution is 2.19. The number of sulfone groups is 1. The summed E-state index contributed by atoms with van der Waals surface area (Å²) in [5, 5.41) is 0. The number of hydrogen-bond donors (Lipinski definition) is 0. The average molecular weight is 291 g/mol. The van der Waals surface area contributed by atoms with Crippen molar-refractivity contribution in [3.8, 4) is 0 Å². The molecule has 1 aliphatic rings. The van der Waals surface area contributed by atoms with Gasteiger partial charge in [-0.05, 0) is 12.8 Å². The molecule has 1 amide bonds. The second-order valence-corrected chi connectivity index (χ2v) is 6.95. The van der Waals surface area contributed by atoms with Crippen LogP contribution in [-0.2, 0) is 24.2 Å². The van der Waals surface area contributed by atoms with Gasteiger partial charge in [0, 0.05) is 19.0 Å². The lowest BCUT2D eigenvalue weighted by Gasteiger charge is -2.28. The summed E-state index contributed by atoms with van der Waals surface area (Å²) in [5.74, 6) is -0.362. The van der Waals surface area contributed by atoms with Crippen molar-refractivity contribution < 1.29 is 22.7 Å². The summed E-state index contributed by atoms with van der Waals surface area (Å²) in [7, 11) is -1.75. The molecule has 0 aliphatic carbocycles. The molecule has 19 heavy (non-hydrogen) atoms. The van der Waals surface area contributed by atoms with Gasteiger partial charge in [-0.3, -0.25) is 9.59 Å². The molecule has 1 atom stereocenters. The molecule has 0 radical (unpaired) electrons. The highest BCUT2D eigenvalue weighted by Gasteiger charge is 2.34. The number of carbonyl (C=O) groups excluding carboxylic acids is 2. The zero-order valence-electron chi connectivity index (χ0n) is 11.4. The summed E-state index contributed by atoms with van der Waals surface area (Å²) in [4.78, 5) is 24.7. The van der Waals surface area contributed by atoms with E-state index in [2.05, 4.69) is 4.74 Å². The van der Waals surface area contributed by atoms with Crippen molar-refractivity contribution in [3.05, 3.63) is 0 Å². The van der Waals surface area contributed by atoms with Crippen LogP contribution in [0.15, 0.2) is 0 Å². The van der Waals surface area contributed by atoms with E-state index in [9.17, 15) is 18.0 Å². The fourth-order valence-electron chi connectivity index (χ4n) is 2.20. The number of methoxy groups -OCH3 is 1. The van der Waals surface area contributed by atoms with Gasteiger partial charge in [0.2, 0.25) is 5.91 Å². The summed E-state index contributed by atoms with van der Waals surface area (Å²) < 4.78 is 27.5. The van der Waals surface area contributed by atoms with Gasteiger partial charge in [0.1, 0.15) is 0 Å². The van der Waals surface area contributed by atoms with Crippen LogP contribution in [-0.4, -0.2) is 56.4 Å². The summed E-state index contributed by atoms with van der Waals surface area (Å²) in [6.07, 6.45) is 1.63. The van der Waals surface area contributed by atoms with Crippen LogP contribution < -0.4 is 0 Å². The van der Waals surface area contributed by atoms with E-state index in [0.29, 0.717) is 19.3 Å². The van der Waals surface area contributed by atoms with Crippen LogP contribution in [0.3, 0.4) is 0 Å². The maximum absolute atomic E-state index is 12.0. The van der Waals surface area contributed by atoms with Gasteiger partial charge in [-0.2, -0.15) is 0 Å². The topological polar surface area (TPSA) is 80.8 Å². The molecule has 1 aliphatic heterocycles. The third-order valence-corrected chi connectivity index (χ3v) is 4.97. The van der Waals surface area contributed by atoms with Gasteiger partial charge < -0.3 is 9.64 Å². The van der Waals surface area contributed by atoms with Crippen LogP contribution >= 0.6 is 0 Å². The van der Waals surface area contributed by atoms with E-state index in [1.165, 1.54) is 12.0 Å². The predicted octanol–water partition coefficient (Wildman–Crippen LogP) is 0.365. The lowest BCUT2D eigenvalue weighted by atomic mass is 10.2. The van der Waals surface area contributed by atoms with E-state index in [4.69, 9.17) is 0 Å². The van der Waals surface area contributed by atoms with Crippen molar-refractivity contribution in [1.29, 1.82) is 0 Å². The molecule has 0 aromatic heterocycles. The molecule has 110 valence electrons. The van der Waals surface area contributed by atoms with Gasteiger partial charge in [-0.25, -0.2) is 8.42 Å². The zero-order chi connectivity index (χ0) is 14.5. The number of ether oxygens (including phenoxy) is 1. The largest absolute Gasteiger partial charge is 0.469 e. The fraction of sp³-hybridized carbons (Fsp3) is 0.833. The third kappa shape index (κ3) is 4.81. The number of rotatable bonds is 6. The molecule has 0 saturated carbocycles. The Morgan fingerprint density at radius 3 is 2.47 bits per heavy atom. The van der Waals surface area contributed by atoms with E-state index in [1.807, 2.05) is 6.92 Å². The van der Waals surface area contributed by atoms with E-state index >= 15 is 0 Å². The van der Waals surface area contributed by atoms with Crippen molar-refractivity contribution in [3.63, 3.8) is 0 Å². The smallest absolute Gasteiger partial charge is 0.307 e. The van der Waals surface area contributed by atoms with Crippen molar-refractivity contribution in [1.82, 2.24) is 4.90 Å². The average Bonchev–Trinajstić information content (AvgIpc) is 2.70. The Hall–Kier alpha value is -1.11. The Morgan fingerprint density at radius 1 is 1.32 bits per heavy atom. The molecule has 0 aromatic rings. The molecule has 7 heteroatoms. The van der Waals surface area contributed by atoms with Crippen LogP contribution in [0, 0.1) is 0 Å². The van der Waals surface area contributed by atoms with Crippen LogP contribution in [0.4, 0.5) is 0 Å². The van der Waals surface area contributed by atoms with Gasteiger partial charge in [-0.15, -0.1) is 0 Å². The van der Waals surface area contributed by atoms with Gasteiger partial charge >= 0.3 is 5.97 Å². The minimum Gasteiger partial charge on any atom is -0.469 e. The molecular weight excluding hydrogens is 270 g/mol. The lowest BCUT2D eigenvalue weighted by Crippen LogP contribution is -2.42. The quantitative estimate of drug-likeness (QED) is 0.660. The van der Waals surface area contributed by atoms with E-state index < -0.39 is 15.8 Å². The number of hydrogen-bond acceptors (Lipinski definition) is 5. The third-order valence-electron chi connectivity index (χ3n) is 3.22. The SMILES string of the molecule is CCCC(=O)N(CCC(=O)OC)C1CCS(=O)(=O)C1. The van der Waals surface area contributed by atoms with Crippen LogP contribution in [0.1, 0.15) is 32.6 Å². The summed E-state index contributed by atoms with van der Waals surface area (Å²) in [6, 6.07) is -0.297. The molecule has 6 nitrogen and oxygen atoms in total. The molecule has 1 rings (SSSR count). The molecular formula is C12H21NO5S. The predicted molar refractivity (Wildman–Crippen MR) is 70.3 cm³/mol. The van der Waals surface area contributed by atoms with Crippen molar-refractivity contribution in [2.75, 3.05) is 25.2 Å². The molecule has 1 heterocycles. The number of carbonyl (C=O) groups is 2. The van der Waals surface area contributed by atoms with E-state index in [0.717, 1.165) is 0 Å². The first-order valence-corrected chi connectivity index (χ1v) is 8.28. The summed E-state index contributed by atoms with van der Waals surface area (Å²) >= 11 is 0. The van der Waals surface area contributed by atoms with Gasteiger partial charge in [0.15, 0.2) is 9.84 Å². The minimum absolute atomic E-state index is 0.00360. The molecule has 1 saturated heterocycles. The summed E-state index contributed by atoms with van der Waals surface area (Å²) in [6.45, 7) is 2.12. The first kappa shape index (κ1) is 15.9. The monoisotopic (exact) mass is 291 g/mol. The van der Waals surface area contributed by atoms with Gasteiger partial charge in [0.25, 0.3) is 0 Å². The Bertz CT molecular complexity index is 431. The Morgan fingerprint density at radius 2 is 2.00 bits per heavy atom. The summed E-state index contributed by atoms with van der Waals surface area (Å²) in [5.41, 5.74) is 0. The highest BCUT2D eigenvalue weighted by molar-refractivity contribution is 7.91. The Balaban J connectivity index is 2.69. The second kappa shape index (κ2) is 6.88. The Kier molecular flexibility index (Phi) is 5.78. The van der Waals surface area contributed by atoms with Crippen LogP contribution in [0.25, 0.3) is 0 Å². The molecule has 0 spiro atoms. The zero-order valence-corrected chi connectivity index (χ0v) is 12.2. The maximum atomic E-state index is 12.0. The lowest BCUT2D eigenvalue weighted by molar-refractivity contribution is -0.142. The highest BCUT2D eigenvalue weighted by atomic mass is 32.2. The molecule has 0 bridgehead atoms. The molecule has 0 aromatic carbocycles.